The van der Waals surface area contributed by atoms with Gasteiger partial charge in [-0.15, -0.1) is 0 Å². The highest BCUT2D eigenvalue weighted by molar-refractivity contribution is 8.16. The van der Waals surface area contributed by atoms with E-state index in [0.717, 1.165) is 5.56 Å². The molecule has 4 rings (SSSR count). The molecule has 1 amide bonds. The summed E-state index contributed by atoms with van der Waals surface area (Å²) in [5.74, 6) is 1.23. The first-order chi connectivity index (χ1) is 15.3. The van der Waals surface area contributed by atoms with Crippen LogP contribution in [0.25, 0.3) is 0 Å². The van der Waals surface area contributed by atoms with Crippen molar-refractivity contribution in [2.75, 3.05) is 26.3 Å². The molecule has 3 N–H and O–H groups in total. The van der Waals surface area contributed by atoms with Gasteiger partial charge in [0.25, 0.3) is 0 Å². The maximum Gasteiger partial charge on any atom is 0.407 e. The number of likely N-dealkylation sites (tertiary alicyclic amines) is 1. The molecular weight excluding hydrogens is 442 g/mol. The summed E-state index contributed by atoms with van der Waals surface area (Å²) < 4.78 is 40.5. The molecule has 0 saturated carbocycles. The first-order valence-electron chi connectivity index (χ1n) is 10.1. The molecule has 0 bridgehead atoms. The monoisotopic (exact) mass is 467 g/mol. The molecule has 11 nitrogen and oxygen atoms in total. The molecule has 3 heterocycles. The third-order valence-corrected chi connectivity index (χ3v) is 6.28. The molecule has 0 aliphatic carbocycles. The smallest absolute Gasteiger partial charge is 0.407 e. The van der Waals surface area contributed by atoms with Crippen molar-refractivity contribution < 1.29 is 36.8 Å². The molecule has 2 aliphatic rings. The normalized spacial score (nSPS) is 20.5. The lowest BCUT2D eigenvalue weighted by Gasteiger charge is -2.33. The Morgan fingerprint density at radius 2 is 1.72 bits per heavy atom. The minimum Gasteiger partial charge on any atom is -0.474 e. The number of rotatable bonds is 5. The van der Waals surface area contributed by atoms with Gasteiger partial charge in [-0.2, -0.15) is 0 Å². The zero-order valence-corrected chi connectivity index (χ0v) is 18.2. The van der Waals surface area contributed by atoms with Crippen LogP contribution in [0.4, 0.5) is 4.79 Å². The summed E-state index contributed by atoms with van der Waals surface area (Å²) in [6.07, 6.45) is 1.52. The van der Waals surface area contributed by atoms with Crippen molar-refractivity contribution in [3.63, 3.8) is 0 Å². The standard InChI is InChI=1S/C20H25N3O8S/c1-13-18(21-12-22-19(13)31-17-6-8-23(9-7-17)20(24)25)30-16-4-2-14(3-5-16)15-10-28-32(26,27)29-11-15/h2-5,12,15,17,26-27H,6-11H2,1H3,(H,24,25). The molecular formula is C20H25N3O8S. The van der Waals surface area contributed by atoms with Crippen molar-refractivity contribution in [1.29, 1.82) is 0 Å². The first-order valence-corrected chi connectivity index (χ1v) is 11.5. The Morgan fingerprint density at radius 1 is 1.09 bits per heavy atom. The van der Waals surface area contributed by atoms with E-state index in [-0.39, 0.29) is 25.2 Å². The lowest BCUT2D eigenvalue weighted by atomic mass is 10.0. The summed E-state index contributed by atoms with van der Waals surface area (Å²) in [4.78, 5) is 20.8. The number of ether oxygens (including phenoxy) is 2. The molecule has 0 unspecified atom stereocenters. The highest BCUT2D eigenvalue weighted by Gasteiger charge is 2.30. The van der Waals surface area contributed by atoms with Gasteiger partial charge in [0.05, 0.1) is 18.8 Å². The van der Waals surface area contributed by atoms with Crippen molar-refractivity contribution >= 4 is 17.2 Å². The quantitative estimate of drug-likeness (QED) is 0.594. The summed E-state index contributed by atoms with van der Waals surface area (Å²) in [6.45, 7) is 2.96. The fourth-order valence-corrected chi connectivity index (χ4v) is 4.25. The summed E-state index contributed by atoms with van der Waals surface area (Å²) >= 11 is -3.38. The second kappa shape index (κ2) is 9.46. The van der Waals surface area contributed by atoms with E-state index >= 15 is 0 Å². The highest BCUT2D eigenvalue weighted by atomic mass is 32.3. The molecule has 0 atom stereocenters. The lowest BCUT2D eigenvalue weighted by molar-refractivity contribution is 0.0862. The Bertz CT molecular complexity index is 940. The van der Waals surface area contributed by atoms with E-state index in [9.17, 15) is 13.9 Å². The van der Waals surface area contributed by atoms with Crippen molar-refractivity contribution in [1.82, 2.24) is 14.9 Å². The number of nitrogens with zero attached hydrogens (tertiary/aromatic N) is 3. The molecule has 2 fully saturated rings. The van der Waals surface area contributed by atoms with Crippen LogP contribution in [0.2, 0.25) is 0 Å². The van der Waals surface area contributed by atoms with Crippen LogP contribution in [0.5, 0.6) is 17.5 Å². The Labute approximate surface area is 186 Å². The molecule has 174 valence electrons. The molecule has 12 heteroatoms. The van der Waals surface area contributed by atoms with E-state index in [1.165, 1.54) is 11.2 Å². The molecule has 2 aliphatic heterocycles. The van der Waals surface area contributed by atoms with Gasteiger partial charge in [0.15, 0.2) is 0 Å². The van der Waals surface area contributed by atoms with Crippen LogP contribution in [0.15, 0.2) is 30.6 Å². The van der Waals surface area contributed by atoms with Crippen LogP contribution < -0.4 is 9.47 Å². The number of aromatic nitrogens is 2. The second-order valence-electron chi connectivity index (χ2n) is 7.58. The van der Waals surface area contributed by atoms with E-state index in [2.05, 4.69) is 9.97 Å². The molecule has 1 aromatic carbocycles. The van der Waals surface area contributed by atoms with Gasteiger partial charge < -0.3 is 19.5 Å². The maximum atomic E-state index is 11.0. The molecule has 0 spiro atoms. The van der Waals surface area contributed by atoms with E-state index in [0.29, 0.717) is 49.0 Å². The summed E-state index contributed by atoms with van der Waals surface area (Å²) in [6, 6.07) is 7.28. The number of hydrogen-bond acceptors (Lipinski definition) is 9. The molecule has 2 aromatic rings. The van der Waals surface area contributed by atoms with Crippen LogP contribution in [-0.2, 0) is 8.37 Å². The third-order valence-electron chi connectivity index (χ3n) is 5.39. The summed E-state index contributed by atoms with van der Waals surface area (Å²) in [5, 5.41) is 9.06. The van der Waals surface area contributed by atoms with Crippen molar-refractivity contribution in [3.8, 4) is 17.5 Å². The molecule has 0 radical (unpaired) electrons. The number of piperidine rings is 1. The van der Waals surface area contributed by atoms with Gasteiger partial charge in [-0.3, -0.25) is 17.5 Å². The second-order valence-corrected chi connectivity index (χ2v) is 8.95. The fourth-order valence-electron chi connectivity index (χ4n) is 3.50. The van der Waals surface area contributed by atoms with Crippen molar-refractivity contribution in [2.45, 2.75) is 31.8 Å². The van der Waals surface area contributed by atoms with E-state index in [1.54, 1.807) is 19.1 Å². The molecule has 1 aromatic heterocycles. The largest absolute Gasteiger partial charge is 0.474 e. The Balaban J connectivity index is 1.37. The average Bonchev–Trinajstić information content (AvgIpc) is 2.77. The highest BCUT2D eigenvalue weighted by Crippen LogP contribution is 2.46. The number of hydrogen-bond donors (Lipinski definition) is 3. The number of amides is 1. The third kappa shape index (κ3) is 5.40. The van der Waals surface area contributed by atoms with Crippen LogP contribution in [0.1, 0.15) is 29.9 Å². The van der Waals surface area contributed by atoms with Gasteiger partial charge >= 0.3 is 6.09 Å². The van der Waals surface area contributed by atoms with Gasteiger partial charge in [-0.1, -0.05) is 12.1 Å². The minimum absolute atomic E-state index is 0.114. The molecule has 2 saturated heterocycles. The SMILES string of the molecule is Cc1c(Oc2ccc(C3COS(O)(O)OC3)cc2)ncnc1OC1CCN(C(=O)O)CC1. The number of carbonyl (C=O) groups is 1. The molecule has 32 heavy (non-hydrogen) atoms. The predicted octanol–water partition coefficient (Wildman–Crippen LogP) is 3.81. The van der Waals surface area contributed by atoms with Crippen LogP contribution in [0.3, 0.4) is 0 Å². The van der Waals surface area contributed by atoms with Gasteiger partial charge in [-0.05, 0) is 24.6 Å². The van der Waals surface area contributed by atoms with Gasteiger partial charge in [0.1, 0.15) is 18.2 Å². The van der Waals surface area contributed by atoms with E-state index < -0.39 is 17.2 Å². The number of carboxylic acid groups (broad SMARTS) is 1. The van der Waals surface area contributed by atoms with E-state index in [1.807, 2.05) is 12.1 Å². The summed E-state index contributed by atoms with van der Waals surface area (Å²) in [7, 11) is 0. The lowest BCUT2D eigenvalue weighted by Crippen LogP contribution is -2.41. The minimum atomic E-state index is -3.38. The number of benzene rings is 1. The van der Waals surface area contributed by atoms with E-state index in [4.69, 9.17) is 22.9 Å². The van der Waals surface area contributed by atoms with Gasteiger partial charge in [-0.25, -0.2) is 14.8 Å². The van der Waals surface area contributed by atoms with Crippen molar-refractivity contribution in [2.24, 2.45) is 0 Å². The fraction of sp³-hybridized carbons (Fsp3) is 0.450. The Kier molecular flexibility index (Phi) is 6.67. The zero-order valence-electron chi connectivity index (χ0n) is 17.4. The zero-order chi connectivity index (χ0) is 22.7. The van der Waals surface area contributed by atoms with Gasteiger partial charge in [0, 0.05) is 31.8 Å². The first kappa shape index (κ1) is 22.6. The van der Waals surface area contributed by atoms with Crippen LogP contribution in [0, 0.1) is 6.92 Å². The Hall–Kier alpha value is -2.64. The van der Waals surface area contributed by atoms with Crippen LogP contribution in [-0.4, -0.2) is 67.6 Å². The summed E-state index contributed by atoms with van der Waals surface area (Å²) in [5.41, 5.74) is 1.57. The average molecular weight is 468 g/mol. The van der Waals surface area contributed by atoms with Gasteiger partial charge in [0.2, 0.25) is 22.9 Å². The predicted molar refractivity (Wildman–Crippen MR) is 114 cm³/mol. The van der Waals surface area contributed by atoms with Crippen molar-refractivity contribution in [3.05, 3.63) is 41.7 Å². The Morgan fingerprint density at radius 3 is 2.34 bits per heavy atom. The topological polar surface area (TPSA) is 144 Å². The maximum absolute atomic E-state index is 11.0. The van der Waals surface area contributed by atoms with Crippen LogP contribution >= 0.6 is 11.2 Å².